The van der Waals surface area contributed by atoms with Crippen molar-refractivity contribution in [2.24, 2.45) is 0 Å². The number of benzene rings is 2. The first-order valence-electron chi connectivity index (χ1n) is 6.30. The maximum Gasteiger partial charge on any atom is 0.203 e. The second kappa shape index (κ2) is 6.64. The number of nitrogens with zero attached hydrogens (tertiary/aromatic N) is 1. The van der Waals surface area contributed by atoms with Gasteiger partial charge in [0.25, 0.3) is 0 Å². The van der Waals surface area contributed by atoms with Gasteiger partial charge >= 0.3 is 0 Å². The van der Waals surface area contributed by atoms with Crippen molar-refractivity contribution < 1.29 is 18.3 Å². The fraction of sp³-hybridized carbons (Fsp3) is 0.0588. The Bertz CT molecular complexity index is 791. The number of rotatable bonds is 4. The predicted molar refractivity (Wildman–Crippen MR) is 77.3 cm³/mol. The topological polar surface area (TPSA) is 50.1 Å². The first-order valence-corrected chi connectivity index (χ1v) is 6.30. The minimum atomic E-state index is -0.715. The summed E-state index contributed by atoms with van der Waals surface area (Å²) in [5, 5.41) is 9.12. The van der Waals surface area contributed by atoms with Gasteiger partial charge in [-0.2, -0.15) is 5.26 Å². The summed E-state index contributed by atoms with van der Waals surface area (Å²) in [4.78, 5) is 12.3. The highest BCUT2D eigenvalue weighted by Gasteiger charge is 2.14. The van der Waals surface area contributed by atoms with Crippen molar-refractivity contribution in [3.63, 3.8) is 0 Å². The second-order valence-electron chi connectivity index (χ2n) is 4.40. The van der Waals surface area contributed by atoms with Crippen LogP contribution >= 0.6 is 0 Å². The van der Waals surface area contributed by atoms with E-state index in [2.05, 4.69) is 0 Å². The van der Waals surface area contributed by atoms with E-state index < -0.39 is 17.4 Å². The fourth-order valence-corrected chi connectivity index (χ4v) is 1.85. The van der Waals surface area contributed by atoms with Crippen molar-refractivity contribution in [1.29, 1.82) is 5.26 Å². The van der Waals surface area contributed by atoms with Crippen LogP contribution in [0, 0.1) is 23.0 Å². The number of methoxy groups -OCH3 is 1. The van der Waals surface area contributed by atoms with Crippen molar-refractivity contribution in [2.45, 2.75) is 0 Å². The Labute approximate surface area is 126 Å². The molecule has 5 heteroatoms. The molecule has 0 amide bonds. The molecule has 0 aliphatic carbocycles. The number of hydrogen-bond donors (Lipinski definition) is 0. The summed E-state index contributed by atoms with van der Waals surface area (Å²) in [6.07, 6.45) is 1.03. The van der Waals surface area contributed by atoms with E-state index >= 15 is 0 Å². The van der Waals surface area contributed by atoms with Gasteiger partial charge in [0.05, 0.1) is 7.11 Å². The summed E-state index contributed by atoms with van der Waals surface area (Å²) in [7, 11) is 1.45. The van der Waals surface area contributed by atoms with Crippen molar-refractivity contribution in [1.82, 2.24) is 0 Å². The highest BCUT2D eigenvalue weighted by atomic mass is 19.1. The first-order chi connectivity index (χ1) is 10.5. The monoisotopic (exact) mass is 299 g/mol. The molecule has 0 aliphatic rings. The third kappa shape index (κ3) is 3.36. The molecule has 0 unspecified atom stereocenters. The van der Waals surface area contributed by atoms with Crippen LogP contribution < -0.4 is 4.74 Å². The molecule has 0 aromatic heterocycles. The van der Waals surface area contributed by atoms with Gasteiger partial charge in [0.15, 0.2) is 0 Å². The minimum absolute atomic E-state index is 0.159. The number of halogens is 2. The summed E-state index contributed by atoms with van der Waals surface area (Å²) in [6.45, 7) is 0. The van der Waals surface area contributed by atoms with Gasteiger partial charge in [0, 0.05) is 11.1 Å². The Morgan fingerprint density at radius 3 is 2.68 bits per heavy atom. The molecule has 0 aliphatic heterocycles. The lowest BCUT2D eigenvalue weighted by Crippen LogP contribution is -2.02. The largest absolute Gasteiger partial charge is 0.497 e. The number of nitriles is 1. The molecule has 3 nitrogen and oxygen atoms in total. The van der Waals surface area contributed by atoms with E-state index in [-0.39, 0.29) is 16.7 Å². The Balaban J connectivity index is 2.43. The van der Waals surface area contributed by atoms with Gasteiger partial charge in [0.1, 0.15) is 29.0 Å². The zero-order valence-electron chi connectivity index (χ0n) is 11.6. The molecule has 0 radical (unpaired) electrons. The van der Waals surface area contributed by atoms with E-state index in [1.165, 1.54) is 19.2 Å². The molecule has 110 valence electrons. The number of allylic oxidation sites excluding steroid dienone is 1. The van der Waals surface area contributed by atoms with Gasteiger partial charge in [-0.3, -0.25) is 4.79 Å². The van der Waals surface area contributed by atoms with Crippen LogP contribution in [0.25, 0.3) is 6.08 Å². The first kappa shape index (κ1) is 15.4. The van der Waals surface area contributed by atoms with Crippen LogP contribution in [0.15, 0.2) is 48.0 Å². The molecule has 0 saturated carbocycles. The predicted octanol–water partition coefficient (Wildman–Crippen LogP) is 3.76. The van der Waals surface area contributed by atoms with E-state index in [9.17, 15) is 13.6 Å². The SMILES string of the molecule is COc1cccc(C(=O)/C(C#N)=C/c2cc(F)ccc2F)c1. The van der Waals surface area contributed by atoms with Gasteiger partial charge in [-0.1, -0.05) is 12.1 Å². The Kier molecular flexibility index (Phi) is 4.64. The normalized spacial score (nSPS) is 10.9. The lowest BCUT2D eigenvalue weighted by molar-refractivity contribution is 0.103. The quantitative estimate of drug-likeness (QED) is 0.490. The van der Waals surface area contributed by atoms with Crippen LogP contribution in [-0.2, 0) is 0 Å². The van der Waals surface area contributed by atoms with E-state index in [0.717, 1.165) is 24.3 Å². The van der Waals surface area contributed by atoms with Crippen LogP contribution in [0.2, 0.25) is 0 Å². The van der Waals surface area contributed by atoms with Gasteiger partial charge in [-0.15, -0.1) is 0 Å². The average Bonchev–Trinajstić information content (AvgIpc) is 2.55. The zero-order chi connectivity index (χ0) is 16.1. The van der Waals surface area contributed by atoms with E-state index in [1.807, 2.05) is 0 Å². The third-order valence-corrected chi connectivity index (χ3v) is 2.95. The van der Waals surface area contributed by atoms with E-state index in [4.69, 9.17) is 10.00 Å². The molecule has 2 aromatic rings. The standard InChI is InChI=1S/C17H11F2NO2/c1-22-15-4-2-3-11(9-15)17(21)13(10-20)7-12-8-14(18)5-6-16(12)19/h2-9H,1H3/b13-7+. The second-order valence-corrected chi connectivity index (χ2v) is 4.40. The Hall–Kier alpha value is -3.00. The third-order valence-electron chi connectivity index (χ3n) is 2.95. The summed E-state index contributed by atoms with van der Waals surface area (Å²) < 4.78 is 31.8. The van der Waals surface area contributed by atoms with Crippen LogP contribution in [0.1, 0.15) is 15.9 Å². The summed E-state index contributed by atoms with van der Waals surface area (Å²) in [6, 6.07) is 10.8. The zero-order valence-corrected chi connectivity index (χ0v) is 11.6. The Morgan fingerprint density at radius 2 is 2.00 bits per heavy atom. The highest BCUT2D eigenvalue weighted by molar-refractivity contribution is 6.14. The molecule has 0 N–H and O–H groups in total. The average molecular weight is 299 g/mol. The molecule has 22 heavy (non-hydrogen) atoms. The van der Waals surface area contributed by atoms with Crippen molar-refractivity contribution >= 4 is 11.9 Å². The van der Waals surface area contributed by atoms with Crippen LogP contribution in [-0.4, -0.2) is 12.9 Å². The van der Waals surface area contributed by atoms with Gasteiger partial charge in [-0.05, 0) is 36.4 Å². The molecular formula is C17H11F2NO2. The molecule has 0 spiro atoms. The van der Waals surface area contributed by atoms with Crippen molar-refractivity contribution in [2.75, 3.05) is 7.11 Å². The molecule has 2 aromatic carbocycles. The molecule has 0 saturated heterocycles. The van der Waals surface area contributed by atoms with Crippen LogP contribution in [0.3, 0.4) is 0 Å². The molecular weight excluding hydrogens is 288 g/mol. The van der Waals surface area contributed by atoms with Crippen molar-refractivity contribution in [3.8, 4) is 11.8 Å². The Morgan fingerprint density at radius 1 is 1.23 bits per heavy atom. The van der Waals surface area contributed by atoms with Crippen molar-refractivity contribution in [3.05, 3.63) is 70.8 Å². The lowest BCUT2D eigenvalue weighted by Gasteiger charge is -2.04. The summed E-state index contributed by atoms with van der Waals surface area (Å²) >= 11 is 0. The van der Waals surface area contributed by atoms with Gasteiger partial charge < -0.3 is 4.74 Å². The van der Waals surface area contributed by atoms with Gasteiger partial charge in [-0.25, -0.2) is 8.78 Å². The molecule has 0 heterocycles. The van der Waals surface area contributed by atoms with E-state index in [0.29, 0.717) is 5.75 Å². The number of carbonyl (C=O) groups excluding carboxylic acids is 1. The maximum absolute atomic E-state index is 13.6. The number of carbonyl (C=O) groups is 1. The molecule has 0 fully saturated rings. The molecule has 0 bridgehead atoms. The maximum atomic E-state index is 13.6. The lowest BCUT2D eigenvalue weighted by atomic mass is 10.0. The van der Waals surface area contributed by atoms with E-state index in [1.54, 1.807) is 18.2 Å². The summed E-state index contributed by atoms with van der Waals surface area (Å²) in [5.74, 6) is -1.50. The van der Waals surface area contributed by atoms with Gasteiger partial charge in [0.2, 0.25) is 5.78 Å². The number of hydrogen-bond acceptors (Lipinski definition) is 3. The number of Topliss-reactive ketones (excluding diaryl/α,β-unsaturated/α-hetero) is 1. The number of ketones is 1. The fourth-order valence-electron chi connectivity index (χ4n) is 1.85. The smallest absolute Gasteiger partial charge is 0.203 e. The minimum Gasteiger partial charge on any atom is -0.497 e. The molecule has 0 atom stereocenters. The number of ether oxygens (including phenoxy) is 1. The molecule has 2 rings (SSSR count). The highest BCUT2D eigenvalue weighted by Crippen LogP contribution is 2.19. The summed E-state index contributed by atoms with van der Waals surface area (Å²) in [5.41, 5.74) is -0.227. The van der Waals surface area contributed by atoms with Crippen LogP contribution in [0.5, 0.6) is 5.75 Å². The van der Waals surface area contributed by atoms with Crippen LogP contribution in [0.4, 0.5) is 8.78 Å².